The molecule has 17 heteroatoms. The normalized spacial score (nSPS) is 18.1. The molecule has 2 aliphatic heterocycles. The van der Waals surface area contributed by atoms with Crippen LogP contribution in [0.4, 0.5) is 0 Å². The lowest BCUT2D eigenvalue weighted by molar-refractivity contribution is -0.911. The number of pyridine rings is 4. The van der Waals surface area contributed by atoms with Gasteiger partial charge in [0.25, 0.3) is 0 Å². The molecule has 2 saturated heterocycles. The number of fused-ring (bicyclic) bond motifs is 4. The highest BCUT2D eigenvalue weighted by atomic mass is 79.9. The van der Waals surface area contributed by atoms with Crippen molar-refractivity contribution in [2.45, 2.75) is 76.0 Å². The number of hydrogen-bond donors (Lipinski definition) is 3. The maximum atomic E-state index is 13.0. The molecule has 4 aliphatic rings. The summed E-state index contributed by atoms with van der Waals surface area (Å²) in [6.45, 7) is 2.81. The van der Waals surface area contributed by atoms with Crippen molar-refractivity contribution in [3.05, 3.63) is 182 Å². The van der Waals surface area contributed by atoms with E-state index in [4.69, 9.17) is 28.2 Å². The molecule has 3 N–H and O–H groups in total. The number of carbonyl (C=O) groups excluding carboxylic acids is 2. The van der Waals surface area contributed by atoms with Crippen LogP contribution >= 0.6 is 86.9 Å². The van der Waals surface area contributed by atoms with Gasteiger partial charge in [0, 0.05) is 106 Å². The predicted molar refractivity (Wildman–Crippen MR) is 274 cm³/mol. The molecule has 11 nitrogen and oxygen atoms in total. The molecule has 2 aromatic carbocycles. The summed E-state index contributed by atoms with van der Waals surface area (Å²) in [6.07, 6.45) is 17.5. The number of aromatic nitrogens is 4. The first-order valence-corrected chi connectivity index (χ1v) is 27.1. The van der Waals surface area contributed by atoms with Gasteiger partial charge in [-0.3, -0.25) is 30.2 Å². The third-order valence-electron chi connectivity index (χ3n) is 14.2. The van der Waals surface area contributed by atoms with Crippen LogP contribution in [-0.2, 0) is 48.1 Å². The number of halogens is 6. The highest BCUT2D eigenvalue weighted by molar-refractivity contribution is 9.11. The number of aryl methyl sites for hydroxylation is 4. The van der Waals surface area contributed by atoms with Gasteiger partial charge in [0.1, 0.15) is 0 Å². The van der Waals surface area contributed by atoms with Crippen LogP contribution in [-0.4, -0.2) is 68.4 Å². The van der Waals surface area contributed by atoms with Gasteiger partial charge in [-0.05, 0) is 170 Å². The van der Waals surface area contributed by atoms with E-state index in [1.165, 1.54) is 44.9 Å². The molecule has 0 bridgehead atoms. The molecule has 0 spiro atoms. The molecule has 4 aromatic heterocycles. The first-order valence-electron chi connectivity index (χ1n) is 23.2. The fourth-order valence-corrected chi connectivity index (χ4v) is 14.0. The van der Waals surface area contributed by atoms with Gasteiger partial charge in [0.15, 0.2) is 0 Å². The van der Waals surface area contributed by atoms with Gasteiger partial charge >= 0.3 is 0 Å². The average molecular weight is 1230 g/mol. The zero-order valence-electron chi connectivity index (χ0n) is 37.6. The Kier molecular flexibility index (Phi) is 15.7. The lowest BCUT2D eigenvalue weighted by Crippen LogP contribution is -2.44. The molecule has 6 heterocycles. The number of rotatable bonds is 6. The van der Waals surface area contributed by atoms with E-state index in [1.54, 1.807) is 42.9 Å². The molecule has 2 fully saturated rings. The van der Waals surface area contributed by atoms with E-state index in [0.717, 1.165) is 125 Å². The summed E-state index contributed by atoms with van der Waals surface area (Å²) in [5.41, 5.74) is 11.2. The molecule has 6 aromatic rings. The highest BCUT2D eigenvalue weighted by Gasteiger charge is 2.42. The van der Waals surface area contributed by atoms with E-state index in [2.05, 4.69) is 81.9 Å². The summed E-state index contributed by atoms with van der Waals surface area (Å²) in [5, 5.41) is 31.3. The molecule has 2 aliphatic carbocycles. The summed E-state index contributed by atoms with van der Waals surface area (Å²) in [6, 6.07) is 19.4. The van der Waals surface area contributed by atoms with Crippen LogP contribution in [0.1, 0.15) is 93.4 Å². The first-order chi connectivity index (χ1) is 33.2. The lowest BCUT2D eigenvalue weighted by Gasteiger charge is -2.37. The van der Waals surface area contributed by atoms with Crippen molar-refractivity contribution < 1.29 is 39.4 Å². The Morgan fingerprint density at radius 2 is 1.03 bits per heavy atom. The van der Waals surface area contributed by atoms with Crippen molar-refractivity contribution in [1.29, 1.82) is 0 Å². The number of hydrogen-bond acceptors (Lipinski definition) is 6. The lowest BCUT2D eigenvalue weighted by atomic mass is 9.76. The number of nitrogens with zero attached hydrogens (tertiary/aromatic N) is 6. The van der Waals surface area contributed by atoms with Crippen molar-refractivity contribution in [3.63, 3.8) is 0 Å². The highest BCUT2D eigenvalue weighted by Crippen LogP contribution is 2.48. The van der Waals surface area contributed by atoms with E-state index >= 15 is 0 Å². The van der Waals surface area contributed by atoms with E-state index in [0.29, 0.717) is 36.9 Å². The van der Waals surface area contributed by atoms with Gasteiger partial charge in [0.05, 0.1) is 28.9 Å². The Morgan fingerprint density at radius 3 is 1.54 bits per heavy atom. The molecular formula is C52H51Br4Cl2N6O5+3. The largest absolute Gasteiger partial charge is 0.342 e. The molecule has 358 valence electrons. The minimum Gasteiger partial charge on any atom is -0.342 e. The zero-order valence-corrected chi connectivity index (χ0v) is 45.4. The quantitative estimate of drug-likeness (QED) is 0.113. The average Bonchev–Trinajstić information content (AvgIpc) is 3.59. The van der Waals surface area contributed by atoms with Crippen molar-refractivity contribution in [2.75, 3.05) is 26.2 Å². The summed E-state index contributed by atoms with van der Waals surface area (Å²) in [4.78, 5) is 34.7. The van der Waals surface area contributed by atoms with E-state index < -0.39 is 0 Å². The SMILES string of the molecule is O=C(Cc1cc[n+](O)cc1)N1CCC([C@@H]2c3c(Br)cc(Cl)cc3CCc3cc(Br)c[n+](O)c32)CC1.O=C(Cc1cc[n+](O)cc1)N1CCC([C@H]2c3ncc(Br)cc3CCc3cc(Cl)cc(Br)c32)CC1. The van der Waals surface area contributed by atoms with E-state index in [-0.39, 0.29) is 29.6 Å². The number of carbonyl (C=O) groups is 2. The van der Waals surface area contributed by atoms with Crippen LogP contribution < -0.4 is 14.2 Å². The van der Waals surface area contributed by atoms with Gasteiger partial charge in [-0.1, -0.05) is 55.1 Å². The minimum absolute atomic E-state index is 0.0152. The molecule has 0 radical (unpaired) electrons. The number of benzene rings is 2. The Bertz CT molecular complexity index is 2840. The molecule has 69 heavy (non-hydrogen) atoms. The third-order valence-corrected chi connectivity index (χ3v) is 16.8. The summed E-state index contributed by atoms with van der Waals surface area (Å²) >= 11 is 27.5. The van der Waals surface area contributed by atoms with Crippen LogP contribution in [0.5, 0.6) is 0 Å². The molecule has 0 unspecified atom stereocenters. The maximum Gasteiger partial charge on any atom is 0.245 e. The second kappa shape index (κ2) is 21.7. The Labute approximate surface area is 445 Å². The van der Waals surface area contributed by atoms with Crippen molar-refractivity contribution >= 4 is 98.7 Å². The van der Waals surface area contributed by atoms with Gasteiger partial charge in [-0.15, -0.1) is 0 Å². The van der Waals surface area contributed by atoms with Crippen LogP contribution in [0.2, 0.25) is 10.0 Å². The second-order valence-electron chi connectivity index (χ2n) is 18.5. The maximum absolute atomic E-state index is 13.0. The third kappa shape index (κ3) is 11.3. The second-order valence-corrected chi connectivity index (χ2v) is 22.9. The number of likely N-dealkylation sites (tertiary alicyclic amines) is 2. The topological polar surface area (TPSA) is 126 Å². The van der Waals surface area contributed by atoms with Gasteiger partial charge in [0.2, 0.25) is 48.5 Å². The minimum atomic E-state index is -0.0152. The van der Waals surface area contributed by atoms with Crippen LogP contribution in [0.15, 0.2) is 116 Å². The van der Waals surface area contributed by atoms with Gasteiger partial charge in [-0.25, -0.2) is 0 Å². The predicted octanol–water partition coefficient (Wildman–Crippen LogP) is 10.1. The Hall–Kier alpha value is -4.12. The van der Waals surface area contributed by atoms with Crippen molar-refractivity contribution in [1.82, 2.24) is 14.8 Å². The molecular weight excluding hydrogens is 1180 g/mol. The van der Waals surface area contributed by atoms with E-state index in [1.807, 2.05) is 34.2 Å². The Morgan fingerprint density at radius 1 is 0.594 bits per heavy atom. The van der Waals surface area contributed by atoms with Crippen molar-refractivity contribution in [2.24, 2.45) is 11.8 Å². The van der Waals surface area contributed by atoms with E-state index in [9.17, 15) is 25.2 Å². The number of amides is 2. The smallest absolute Gasteiger partial charge is 0.245 e. The summed E-state index contributed by atoms with van der Waals surface area (Å²) < 4.78 is 7.08. The summed E-state index contributed by atoms with van der Waals surface area (Å²) in [5.74, 6) is 1.02. The molecule has 2 amide bonds. The van der Waals surface area contributed by atoms with Crippen LogP contribution in [0.3, 0.4) is 0 Å². The fraction of sp³-hybridized carbons (Fsp3) is 0.346. The molecule has 10 rings (SSSR count). The molecule has 2 atom stereocenters. The monoisotopic (exact) mass is 1230 g/mol. The number of piperidine rings is 2. The van der Waals surface area contributed by atoms with Crippen molar-refractivity contribution in [3.8, 4) is 0 Å². The molecule has 0 saturated carbocycles. The van der Waals surface area contributed by atoms with Gasteiger partial charge in [-0.2, -0.15) is 0 Å². The van der Waals surface area contributed by atoms with Crippen LogP contribution in [0.25, 0.3) is 0 Å². The standard InChI is InChI=1S/C26H26Br2ClN3O3.C26H25Br2ClN3O2/c27-20-12-19-2-1-18-13-21(29)14-22(28)24(18)25(26(19)32(35)15-20)17-5-7-30(8-6-17)23(33)11-16-3-9-31(34)10-4-16;27-20-12-19-2-1-18-13-21(29)14-22(28)24(18)25(26(19)30-15-20)17-5-7-31(8-6-17)23(33)11-16-3-9-32(34)10-4-16/h3-4,9-10,12-15,17,25,34-35H,1-2,5-8,11H2;3-4,9-10,12-15,17,25,34H,1-2,5-8,11H2/q+2;+1/t2*25-/m11/s1. The fourth-order valence-electron chi connectivity index (χ4n) is 10.9. The summed E-state index contributed by atoms with van der Waals surface area (Å²) in [7, 11) is 0. The van der Waals surface area contributed by atoms with Gasteiger partial charge < -0.3 is 9.80 Å². The Balaban J connectivity index is 0.000000172. The van der Waals surface area contributed by atoms with Crippen LogP contribution in [0, 0.1) is 11.8 Å². The first kappa shape index (κ1) is 49.8. The zero-order chi connectivity index (χ0) is 48.5.